The first-order valence-corrected chi connectivity index (χ1v) is 6.34. The molecule has 0 heterocycles. The van der Waals surface area contributed by atoms with Gasteiger partial charge in [-0.05, 0) is 45.8 Å². The lowest BCUT2D eigenvalue weighted by atomic mass is 10.2. The van der Waals surface area contributed by atoms with E-state index in [1.807, 2.05) is 30.3 Å². The van der Waals surface area contributed by atoms with E-state index in [1.54, 1.807) is 6.08 Å². The van der Waals surface area contributed by atoms with Crippen LogP contribution in [0.4, 0.5) is 4.39 Å². The predicted molar refractivity (Wildman–Crippen MR) is 75.2 cm³/mol. The standard InChI is InChI=1S/C15H10BrFO2/c16-13-10-12(17)7-8-14(13)19-15(18)9-6-11-4-2-1-3-5-11/h1-10H/b9-6+. The van der Waals surface area contributed by atoms with E-state index in [1.165, 1.54) is 24.3 Å². The van der Waals surface area contributed by atoms with Gasteiger partial charge in [-0.1, -0.05) is 30.3 Å². The molecule has 0 spiro atoms. The number of carbonyl (C=O) groups excluding carboxylic acids is 1. The number of rotatable bonds is 3. The molecule has 0 radical (unpaired) electrons. The van der Waals surface area contributed by atoms with Crippen molar-refractivity contribution < 1.29 is 13.9 Å². The van der Waals surface area contributed by atoms with Crippen LogP contribution in [0.5, 0.6) is 5.75 Å². The number of hydrogen-bond donors (Lipinski definition) is 0. The van der Waals surface area contributed by atoms with Gasteiger partial charge < -0.3 is 4.74 Å². The Morgan fingerprint density at radius 2 is 1.89 bits per heavy atom. The number of hydrogen-bond acceptors (Lipinski definition) is 2. The smallest absolute Gasteiger partial charge is 0.336 e. The van der Waals surface area contributed by atoms with Crippen LogP contribution in [0.1, 0.15) is 5.56 Å². The van der Waals surface area contributed by atoms with Crippen LogP contribution in [0.15, 0.2) is 59.1 Å². The van der Waals surface area contributed by atoms with E-state index in [-0.39, 0.29) is 5.75 Å². The molecule has 0 saturated carbocycles. The summed E-state index contributed by atoms with van der Waals surface area (Å²) in [5.41, 5.74) is 0.901. The molecule has 0 aromatic heterocycles. The molecule has 2 nitrogen and oxygen atoms in total. The van der Waals surface area contributed by atoms with Crippen LogP contribution in [0.3, 0.4) is 0 Å². The first kappa shape index (κ1) is 13.5. The average Bonchev–Trinajstić information content (AvgIpc) is 2.41. The van der Waals surface area contributed by atoms with Crippen LogP contribution < -0.4 is 4.74 Å². The number of carbonyl (C=O) groups is 1. The minimum absolute atomic E-state index is 0.282. The second-order valence-corrected chi connectivity index (χ2v) is 4.59. The summed E-state index contributed by atoms with van der Waals surface area (Å²) in [6.07, 6.45) is 2.98. The van der Waals surface area contributed by atoms with Crippen molar-refractivity contribution in [3.8, 4) is 5.75 Å². The average molecular weight is 321 g/mol. The fourth-order valence-corrected chi connectivity index (χ4v) is 1.86. The van der Waals surface area contributed by atoms with Crippen LogP contribution in [0.25, 0.3) is 6.08 Å². The Morgan fingerprint density at radius 1 is 1.16 bits per heavy atom. The molecule has 0 aliphatic heterocycles. The van der Waals surface area contributed by atoms with Crippen LogP contribution in [-0.2, 0) is 4.79 Å². The molecule has 2 aromatic rings. The van der Waals surface area contributed by atoms with Gasteiger partial charge in [0.15, 0.2) is 0 Å². The van der Waals surface area contributed by atoms with Crippen LogP contribution in [-0.4, -0.2) is 5.97 Å². The lowest BCUT2D eigenvalue weighted by molar-refractivity contribution is -0.128. The molecule has 2 aromatic carbocycles. The Bertz CT molecular complexity index is 609. The van der Waals surface area contributed by atoms with Gasteiger partial charge in [-0.2, -0.15) is 0 Å². The van der Waals surface area contributed by atoms with Crippen LogP contribution >= 0.6 is 15.9 Å². The van der Waals surface area contributed by atoms with Crippen molar-refractivity contribution >= 4 is 28.0 Å². The Morgan fingerprint density at radius 3 is 2.58 bits per heavy atom. The molecule has 0 atom stereocenters. The molecule has 0 fully saturated rings. The van der Waals surface area contributed by atoms with Gasteiger partial charge in [-0.3, -0.25) is 0 Å². The number of esters is 1. The minimum Gasteiger partial charge on any atom is -0.422 e. The van der Waals surface area contributed by atoms with E-state index in [4.69, 9.17) is 4.74 Å². The monoisotopic (exact) mass is 320 g/mol. The third-order valence-corrected chi connectivity index (χ3v) is 2.94. The summed E-state index contributed by atoms with van der Waals surface area (Å²) in [5, 5.41) is 0. The Balaban J connectivity index is 2.04. The highest BCUT2D eigenvalue weighted by Gasteiger charge is 2.06. The van der Waals surface area contributed by atoms with Crippen molar-refractivity contribution in [3.63, 3.8) is 0 Å². The molecule has 0 unspecified atom stereocenters. The van der Waals surface area contributed by atoms with E-state index in [2.05, 4.69) is 15.9 Å². The van der Waals surface area contributed by atoms with Crippen molar-refractivity contribution in [1.82, 2.24) is 0 Å². The molecular weight excluding hydrogens is 311 g/mol. The molecule has 4 heteroatoms. The number of ether oxygens (including phenoxy) is 1. The molecule has 19 heavy (non-hydrogen) atoms. The fraction of sp³-hybridized carbons (Fsp3) is 0. The van der Waals surface area contributed by atoms with Crippen LogP contribution in [0.2, 0.25) is 0 Å². The molecule has 0 bridgehead atoms. The number of halogens is 2. The lowest BCUT2D eigenvalue weighted by Crippen LogP contribution is -2.04. The summed E-state index contributed by atoms with van der Waals surface area (Å²) in [7, 11) is 0. The van der Waals surface area contributed by atoms with Gasteiger partial charge in [-0.15, -0.1) is 0 Å². The molecule has 2 rings (SSSR count). The van der Waals surface area contributed by atoms with E-state index >= 15 is 0 Å². The summed E-state index contributed by atoms with van der Waals surface area (Å²) in [4.78, 5) is 11.6. The molecule has 0 saturated heterocycles. The fourth-order valence-electron chi connectivity index (χ4n) is 1.43. The van der Waals surface area contributed by atoms with E-state index in [0.29, 0.717) is 4.47 Å². The first-order valence-electron chi connectivity index (χ1n) is 5.55. The van der Waals surface area contributed by atoms with E-state index < -0.39 is 11.8 Å². The topological polar surface area (TPSA) is 26.3 Å². The Labute approximate surface area is 118 Å². The Kier molecular flexibility index (Phi) is 4.47. The summed E-state index contributed by atoms with van der Waals surface area (Å²) in [5.74, 6) is -0.633. The summed E-state index contributed by atoms with van der Waals surface area (Å²) in [6, 6.07) is 13.3. The second-order valence-electron chi connectivity index (χ2n) is 3.74. The zero-order valence-corrected chi connectivity index (χ0v) is 11.4. The molecule has 96 valence electrons. The second kappa shape index (κ2) is 6.29. The zero-order chi connectivity index (χ0) is 13.7. The van der Waals surface area contributed by atoms with Crippen LogP contribution in [0, 0.1) is 5.82 Å². The van der Waals surface area contributed by atoms with Gasteiger partial charge >= 0.3 is 5.97 Å². The summed E-state index contributed by atoms with van der Waals surface area (Å²) < 4.78 is 18.3. The van der Waals surface area contributed by atoms with Crippen molar-refractivity contribution in [1.29, 1.82) is 0 Å². The minimum atomic E-state index is -0.517. The predicted octanol–water partition coefficient (Wildman–Crippen LogP) is 4.21. The Hall–Kier alpha value is -1.94. The van der Waals surface area contributed by atoms with Gasteiger partial charge in [0.25, 0.3) is 0 Å². The SMILES string of the molecule is O=C(/C=C/c1ccccc1)Oc1ccc(F)cc1Br. The van der Waals surface area contributed by atoms with Gasteiger partial charge in [0.1, 0.15) is 11.6 Å². The lowest BCUT2D eigenvalue weighted by Gasteiger charge is -2.03. The largest absolute Gasteiger partial charge is 0.422 e. The van der Waals surface area contributed by atoms with Crippen molar-refractivity contribution in [2.45, 2.75) is 0 Å². The highest BCUT2D eigenvalue weighted by Crippen LogP contribution is 2.25. The van der Waals surface area contributed by atoms with Crippen molar-refractivity contribution in [2.75, 3.05) is 0 Å². The highest BCUT2D eigenvalue weighted by molar-refractivity contribution is 9.10. The third kappa shape index (κ3) is 4.03. The van der Waals surface area contributed by atoms with Crippen molar-refractivity contribution in [2.24, 2.45) is 0 Å². The van der Waals surface area contributed by atoms with Crippen molar-refractivity contribution in [3.05, 3.63) is 70.5 Å². The van der Waals surface area contributed by atoms with Gasteiger partial charge in [0.2, 0.25) is 0 Å². The third-order valence-electron chi connectivity index (χ3n) is 2.32. The maximum absolute atomic E-state index is 12.9. The molecule has 0 aliphatic rings. The molecule has 0 N–H and O–H groups in total. The maximum Gasteiger partial charge on any atom is 0.336 e. The first-order chi connectivity index (χ1) is 9.15. The maximum atomic E-state index is 12.9. The summed E-state index contributed by atoms with van der Waals surface area (Å²) in [6.45, 7) is 0. The van der Waals surface area contributed by atoms with Gasteiger partial charge in [0.05, 0.1) is 4.47 Å². The van der Waals surface area contributed by atoms with Gasteiger partial charge in [-0.25, -0.2) is 9.18 Å². The van der Waals surface area contributed by atoms with E-state index in [9.17, 15) is 9.18 Å². The van der Waals surface area contributed by atoms with E-state index in [0.717, 1.165) is 5.56 Å². The quantitative estimate of drug-likeness (QED) is 0.481. The summed E-state index contributed by atoms with van der Waals surface area (Å²) >= 11 is 3.13. The molecular formula is C15H10BrFO2. The zero-order valence-electron chi connectivity index (χ0n) is 9.85. The molecule has 0 amide bonds. The normalized spacial score (nSPS) is 10.6. The number of benzene rings is 2. The molecule has 0 aliphatic carbocycles. The van der Waals surface area contributed by atoms with Gasteiger partial charge in [0, 0.05) is 6.08 Å². The highest BCUT2D eigenvalue weighted by atomic mass is 79.9.